The van der Waals surface area contributed by atoms with E-state index >= 15 is 0 Å². The fourth-order valence-electron chi connectivity index (χ4n) is 1.11. The molecular formula is C9H9BrClNS2. The van der Waals surface area contributed by atoms with Gasteiger partial charge in [-0.05, 0) is 44.4 Å². The average Bonchev–Trinajstić information content (AvgIpc) is 2.72. The highest BCUT2D eigenvalue weighted by atomic mass is 79.9. The topological polar surface area (TPSA) is 26.0 Å². The van der Waals surface area contributed by atoms with E-state index in [0.717, 1.165) is 4.47 Å². The first-order valence-corrected chi connectivity index (χ1v) is 6.40. The second kappa shape index (κ2) is 5.28. The van der Waals surface area contributed by atoms with Crippen LogP contribution in [0.3, 0.4) is 0 Å². The Labute approximate surface area is 105 Å². The molecule has 0 aromatic carbocycles. The molecule has 2 N–H and O–H groups in total. The van der Waals surface area contributed by atoms with Crippen molar-refractivity contribution in [2.24, 2.45) is 5.73 Å². The van der Waals surface area contributed by atoms with Crippen LogP contribution in [-0.2, 0) is 0 Å². The van der Waals surface area contributed by atoms with E-state index in [1.807, 2.05) is 0 Å². The van der Waals surface area contributed by atoms with Crippen molar-refractivity contribution in [2.75, 3.05) is 0 Å². The quantitative estimate of drug-likeness (QED) is 0.890. The molecule has 0 spiro atoms. The molecule has 5 heteroatoms. The van der Waals surface area contributed by atoms with Crippen LogP contribution in [-0.4, -0.2) is 0 Å². The van der Waals surface area contributed by atoms with Gasteiger partial charge in [-0.3, -0.25) is 0 Å². The lowest BCUT2D eigenvalue weighted by Crippen LogP contribution is -2.08. The van der Waals surface area contributed by atoms with E-state index in [-0.39, 0.29) is 18.4 Å². The highest BCUT2D eigenvalue weighted by Gasteiger charge is 2.10. The van der Waals surface area contributed by atoms with Gasteiger partial charge in [-0.15, -0.1) is 23.7 Å². The van der Waals surface area contributed by atoms with Crippen molar-refractivity contribution in [1.29, 1.82) is 0 Å². The number of halogens is 2. The number of rotatable bonds is 2. The molecule has 2 aromatic heterocycles. The number of nitrogens with two attached hydrogens (primary N) is 1. The van der Waals surface area contributed by atoms with E-state index in [2.05, 4.69) is 44.2 Å². The molecule has 0 amide bonds. The molecule has 2 heterocycles. The summed E-state index contributed by atoms with van der Waals surface area (Å²) in [7, 11) is 0. The van der Waals surface area contributed by atoms with Crippen LogP contribution < -0.4 is 5.73 Å². The standard InChI is InChI=1S/C9H8BrNS2.ClH/c10-7-3-8(13-5-7)9(11)6-1-2-12-4-6;/h1-5,9H,11H2;1H/t9-;/m0./s1. The van der Waals surface area contributed by atoms with Crippen LogP contribution in [0.25, 0.3) is 0 Å². The Morgan fingerprint density at radius 2 is 2.14 bits per heavy atom. The van der Waals surface area contributed by atoms with E-state index < -0.39 is 0 Å². The van der Waals surface area contributed by atoms with Gasteiger partial charge < -0.3 is 5.73 Å². The predicted molar refractivity (Wildman–Crippen MR) is 69.6 cm³/mol. The van der Waals surface area contributed by atoms with Gasteiger partial charge in [-0.1, -0.05) is 0 Å². The molecule has 1 nitrogen and oxygen atoms in total. The Balaban J connectivity index is 0.000000980. The SMILES string of the molecule is Cl.N[C@@H](c1ccsc1)c1cc(Br)cs1. The summed E-state index contributed by atoms with van der Waals surface area (Å²) < 4.78 is 1.11. The lowest BCUT2D eigenvalue weighted by Gasteiger charge is -2.05. The minimum atomic E-state index is 0. The molecule has 14 heavy (non-hydrogen) atoms. The minimum absolute atomic E-state index is 0. The molecule has 0 radical (unpaired) electrons. The third-order valence-electron chi connectivity index (χ3n) is 1.80. The Bertz CT molecular complexity index is 385. The van der Waals surface area contributed by atoms with E-state index in [4.69, 9.17) is 5.73 Å². The van der Waals surface area contributed by atoms with Crippen LogP contribution in [0.1, 0.15) is 16.5 Å². The van der Waals surface area contributed by atoms with Gasteiger partial charge >= 0.3 is 0 Å². The van der Waals surface area contributed by atoms with Crippen LogP contribution in [0.4, 0.5) is 0 Å². The molecule has 0 aliphatic heterocycles. The summed E-state index contributed by atoms with van der Waals surface area (Å²) in [5, 5.41) is 6.21. The second-order valence-electron chi connectivity index (χ2n) is 2.70. The molecule has 2 rings (SSSR count). The van der Waals surface area contributed by atoms with Crippen LogP contribution in [0.2, 0.25) is 0 Å². The van der Waals surface area contributed by atoms with E-state index in [9.17, 15) is 0 Å². The highest BCUT2D eigenvalue weighted by Crippen LogP contribution is 2.29. The monoisotopic (exact) mass is 309 g/mol. The largest absolute Gasteiger partial charge is 0.320 e. The van der Waals surface area contributed by atoms with E-state index in [0.29, 0.717) is 0 Å². The first-order valence-electron chi connectivity index (χ1n) is 3.79. The Hall–Kier alpha value is 0.130. The number of hydrogen-bond acceptors (Lipinski definition) is 3. The maximum Gasteiger partial charge on any atom is 0.0654 e. The van der Waals surface area contributed by atoms with Gasteiger partial charge in [0, 0.05) is 14.7 Å². The van der Waals surface area contributed by atoms with Crippen LogP contribution in [0.5, 0.6) is 0 Å². The lowest BCUT2D eigenvalue weighted by molar-refractivity contribution is 0.899. The molecule has 0 aliphatic carbocycles. The fraction of sp³-hybridized carbons (Fsp3) is 0.111. The van der Waals surface area contributed by atoms with Crippen molar-refractivity contribution >= 4 is 51.0 Å². The van der Waals surface area contributed by atoms with Crippen molar-refractivity contribution in [3.8, 4) is 0 Å². The molecule has 0 fully saturated rings. The maximum atomic E-state index is 6.07. The zero-order valence-electron chi connectivity index (χ0n) is 7.14. The molecule has 2 aromatic rings. The summed E-state index contributed by atoms with van der Waals surface area (Å²) in [4.78, 5) is 1.20. The Kier molecular flexibility index (Phi) is 4.60. The zero-order chi connectivity index (χ0) is 9.26. The van der Waals surface area contributed by atoms with Crippen molar-refractivity contribution in [2.45, 2.75) is 6.04 Å². The Morgan fingerprint density at radius 3 is 2.64 bits per heavy atom. The Morgan fingerprint density at radius 1 is 1.36 bits per heavy atom. The molecule has 1 atom stereocenters. The van der Waals surface area contributed by atoms with Gasteiger partial charge in [-0.2, -0.15) is 11.3 Å². The number of thiophene rings is 2. The van der Waals surface area contributed by atoms with Gasteiger partial charge in [0.1, 0.15) is 0 Å². The molecule has 76 valence electrons. The minimum Gasteiger partial charge on any atom is -0.320 e. The van der Waals surface area contributed by atoms with Gasteiger partial charge in [0.2, 0.25) is 0 Å². The molecule has 0 aliphatic rings. The molecule has 0 saturated heterocycles. The van der Waals surface area contributed by atoms with Crippen LogP contribution in [0.15, 0.2) is 32.7 Å². The van der Waals surface area contributed by atoms with Gasteiger partial charge in [0.05, 0.1) is 6.04 Å². The molecular weight excluding hydrogens is 302 g/mol. The van der Waals surface area contributed by atoms with Crippen molar-refractivity contribution in [3.63, 3.8) is 0 Å². The molecule has 0 saturated carbocycles. The van der Waals surface area contributed by atoms with Crippen molar-refractivity contribution in [3.05, 3.63) is 43.2 Å². The van der Waals surface area contributed by atoms with E-state index in [1.54, 1.807) is 22.7 Å². The first-order chi connectivity index (χ1) is 6.27. The molecule has 0 unspecified atom stereocenters. The van der Waals surface area contributed by atoms with Crippen LogP contribution in [0, 0.1) is 0 Å². The average molecular weight is 311 g/mol. The van der Waals surface area contributed by atoms with Gasteiger partial charge in [0.25, 0.3) is 0 Å². The molecule has 0 bridgehead atoms. The summed E-state index contributed by atoms with van der Waals surface area (Å²) in [5.74, 6) is 0. The van der Waals surface area contributed by atoms with E-state index in [1.165, 1.54) is 10.4 Å². The second-order valence-corrected chi connectivity index (χ2v) is 5.34. The van der Waals surface area contributed by atoms with Crippen LogP contribution >= 0.6 is 51.0 Å². The first kappa shape index (κ1) is 12.2. The summed E-state index contributed by atoms with van der Waals surface area (Å²) in [6.07, 6.45) is 0. The fourth-order valence-corrected chi connectivity index (χ4v) is 3.28. The summed E-state index contributed by atoms with van der Waals surface area (Å²) >= 11 is 6.79. The summed E-state index contributed by atoms with van der Waals surface area (Å²) in [6, 6.07) is 4.18. The third-order valence-corrected chi connectivity index (χ3v) is 4.27. The summed E-state index contributed by atoms with van der Waals surface area (Å²) in [5.41, 5.74) is 7.26. The lowest BCUT2D eigenvalue weighted by atomic mass is 10.1. The van der Waals surface area contributed by atoms with Gasteiger partial charge in [0.15, 0.2) is 0 Å². The normalized spacial score (nSPS) is 12.1. The van der Waals surface area contributed by atoms with Crippen molar-refractivity contribution in [1.82, 2.24) is 0 Å². The maximum absolute atomic E-state index is 6.07. The smallest absolute Gasteiger partial charge is 0.0654 e. The highest BCUT2D eigenvalue weighted by molar-refractivity contribution is 9.10. The summed E-state index contributed by atoms with van der Waals surface area (Å²) in [6.45, 7) is 0. The third kappa shape index (κ3) is 2.58. The zero-order valence-corrected chi connectivity index (χ0v) is 11.2. The number of hydrogen-bond donors (Lipinski definition) is 1. The predicted octanol–water partition coefficient (Wildman–Crippen LogP) is 4.04. The van der Waals surface area contributed by atoms with Gasteiger partial charge in [-0.25, -0.2) is 0 Å². The van der Waals surface area contributed by atoms with Crippen molar-refractivity contribution < 1.29 is 0 Å².